The number of carbonyl (C=O) groups excluding carboxylic acids is 1. The number of fused-ring (bicyclic) bond motifs is 1. The number of hydrogen-bond donors (Lipinski definition) is 4. The molecule has 6 N–H and O–H groups in total. The molecule has 0 unspecified atom stereocenters. The van der Waals surface area contributed by atoms with Gasteiger partial charge < -0.3 is 16.8 Å². The SMILES string of the molecule is CC(C)(CNc1cc2[nH]ncc2cc1N)C(N)=O. The van der Waals surface area contributed by atoms with Crippen molar-refractivity contribution in [3.8, 4) is 0 Å². The molecule has 2 rings (SSSR count). The topological polar surface area (TPSA) is 110 Å². The van der Waals surface area contributed by atoms with Crippen molar-refractivity contribution in [2.75, 3.05) is 17.6 Å². The molecule has 0 fully saturated rings. The molecule has 0 saturated carbocycles. The lowest BCUT2D eigenvalue weighted by Crippen LogP contribution is -2.37. The second-order valence-corrected chi connectivity index (χ2v) is 5.00. The van der Waals surface area contributed by atoms with Crippen molar-refractivity contribution in [3.05, 3.63) is 18.3 Å². The number of rotatable bonds is 4. The summed E-state index contributed by atoms with van der Waals surface area (Å²) in [6.45, 7) is 3.99. The van der Waals surface area contributed by atoms with Crippen LogP contribution in [0.25, 0.3) is 10.9 Å². The van der Waals surface area contributed by atoms with Crippen molar-refractivity contribution in [1.82, 2.24) is 10.2 Å². The quantitative estimate of drug-likeness (QED) is 0.606. The summed E-state index contributed by atoms with van der Waals surface area (Å²) < 4.78 is 0. The number of nitrogen functional groups attached to an aromatic ring is 1. The molecule has 1 heterocycles. The van der Waals surface area contributed by atoms with E-state index >= 15 is 0 Å². The number of nitrogens with zero attached hydrogens (tertiary/aromatic N) is 1. The molecule has 0 spiro atoms. The Hall–Kier alpha value is -2.24. The number of carbonyl (C=O) groups is 1. The number of nitrogens with one attached hydrogen (secondary N) is 2. The first kappa shape index (κ1) is 12.2. The molecule has 0 aliphatic rings. The third kappa shape index (κ3) is 2.22. The van der Waals surface area contributed by atoms with E-state index in [9.17, 15) is 4.79 Å². The molecule has 2 aromatic rings. The van der Waals surface area contributed by atoms with Gasteiger partial charge >= 0.3 is 0 Å². The van der Waals surface area contributed by atoms with E-state index in [0.29, 0.717) is 12.2 Å². The minimum Gasteiger partial charge on any atom is -0.397 e. The summed E-state index contributed by atoms with van der Waals surface area (Å²) in [5.41, 5.74) is 12.9. The van der Waals surface area contributed by atoms with Gasteiger partial charge in [0, 0.05) is 11.9 Å². The van der Waals surface area contributed by atoms with Crippen LogP contribution < -0.4 is 16.8 Å². The molecule has 0 radical (unpaired) electrons. The Morgan fingerprint density at radius 3 is 2.89 bits per heavy atom. The molecule has 6 heteroatoms. The van der Waals surface area contributed by atoms with Crippen LogP contribution in [0.4, 0.5) is 11.4 Å². The van der Waals surface area contributed by atoms with Gasteiger partial charge in [-0.1, -0.05) is 0 Å². The highest BCUT2D eigenvalue weighted by molar-refractivity contribution is 5.88. The van der Waals surface area contributed by atoms with Gasteiger partial charge in [0.2, 0.25) is 5.91 Å². The first-order valence-electron chi connectivity index (χ1n) is 5.66. The number of hydrogen-bond acceptors (Lipinski definition) is 4. The van der Waals surface area contributed by atoms with Gasteiger partial charge in [-0.05, 0) is 26.0 Å². The minimum atomic E-state index is -0.630. The fraction of sp³-hybridized carbons (Fsp3) is 0.333. The summed E-state index contributed by atoms with van der Waals surface area (Å²) in [7, 11) is 0. The molecule has 1 aromatic heterocycles. The fourth-order valence-electron chi connectivity index (χ4n) is 1.57. The van der Waals surface area contributed by atoms with Crippen molar-refractivity contribution in [1.29, 1.82) is 0 Å². The molecule has 0 aliphatic heterocycles. The van der Waals surface area contributed by atoms with Crippen LogP contribution in [0.1, 0.15) is 13.8 Å². The summed E-state index contributed by atoms with van der Waals surface area (Å²) in [5, 5.41) is 10.9. The number of H-pyrrole nitrogens is 1. The van der Waals surface area contributed by atoms with Crippen LogP contribution in [0.3, 0.4) is 0 Å². The van der Waals surface area contributed by atoms with Crippen LogP contribution in [0, 0.1) is 5.41 Å². The van der Waals surface area contributed by atoms with Crippen molar-refractivity contribution < 1.29 is 4.79 Å². The lowest BCUT2D eigenvalue weighted by molar-refractivity contribution is -0.125. The first-order valence-corrected chi connectivity index (χ1v) is 5.66. The summed E-state index contributed by atoms with van der Waals surface area (Å²) in [4.78, 5) is 11.2. The highest BCUT2D eigenvalue weighted by atomic mass is 16.1. The largest absolute Gasteiger partial charge is 0.397 e. The van der Waals surface area contributed by atoms with Crippen LogP contribution in [0.5, 0.6) is 0 Å². The van der Waals surface area contributed by atoms with Crippen molar-refractivity contribution >= 4 is 28.2 Å². The average molecular weight is 247 g/mol. The van der Waals surface area contributed by atoms with E-state index in [-0.39, 0.29) is 5.91 Å². The zero-order chi connectivity index (χ0) is 13.3. The van der Waals surface area contributed by atoms with Gasteiger partial charge in [-0.25, -0.2) is 0 Å². The Bertz CT molecular complexity index is 587. The third-order valence-corrected chi connectivity index (χ3v) is 3.00. The normalized spacial score (nSPS) is 11.7. The van der Waals surface area contributed by atoms with Gasteiger partial charge in [-0.2, -0.15) is 5.10 Å². The number of nitrogens with two attached hydrogens (primary N) is 2. The minimum absolute atomic E-state index is 0.351. The summed E-state index contributed by atoms with van der Waals surface area (Å²) >= 11 is 0. The smallest absolute Gasteiger partial charge is 0.224 e. The second-order valence-electron chi connectivity index (χ2n) is 5.00. The Kier molecular flexibility index (Phi) is 2.86. The van der Waals surface area contributed by atoms with E-state index in [1.165, 1.54) is 0 Å². The first-order chi connectivity index (χ1) is 8.40. The summed E-state index contributed by atoms with van der Waals surface area (Å²) in [5.74, 6) is -0.351. The van der Waals surface area contributed by atoms with Crippen molar-refractivity contribution in [2.45, 2.75) is 13.8 Å². The fourth-order valence-corrected chi connectivity index (χ4v) is 1.57. The van der Waals surface area contributed by atoms with Crippen LogP contribution in [0.2, 0.25) is 0 Å². The van der Waals surface area contributed by atoms with E-state index < -0.39 is 5.41 Å². The Morgan fingerprint density at radius 1 is 1.50 bits per heavy atom. The molecule has 1 aromatic carbocycles. The van der Waals surface area contributed by atoms with Crippen LogP contribution >= 0.6 is 0 Å². The third-order valence-electron chi connectivity index (χ3n) is 3.00. The number of benzene rings is 1. The number of aromatic nitrogens is 2. The predicted octanol–water partition coefficient (Wildman–Crippen LogP) is 1.07. The molecule has 0 atom stereocenters. The highest BCUT2D eigenvalue weighted by Gasteiger charge is 2.24. The highest BCUT2D eigenvalue weighted by Crippen LogP contribution is 2.26. The Balaban J connectivity index is 2.21. The predicted molar refractivity (Wildman–Crippen MR) is 72.0 cm³/mol. The van der Waals surface area contributed by atoms with E-state index in [2.05, 4.69) is 15.5 Å². The monoisotopic (exact) mass is 247 g/mol. The molecular weight excluding hydrogens is 230 g/mol. The Labute approximate surface area is 105 Å². The number of primary amides is 1. The van der Waals surface area contributed by atoms with E-state index in [1.54, 1.807) is 20.0 Å². The van der Waals surface area contributed by atoms with Crippen LogP contribution in [-0.2, 0) is 4.79 Å². The average Bonchev–Trinajstić information content (AvgIpc) is 2.72. The molecule has 0 bridgehead atoms. The van der Waals surface area contributed by atoms with Gasteiger partial charge in [0.05, 0.1) is 28.5 Å². The standard InChI is InChI=1S/C12H17N5O/c1-12(2,11(14)18)6-15-10-4-9-7(3-8(10)13)5-16-17-9/h3-5,15H,6,13H2,1-2H3,(H2,14,18)(H,16,17). The number of amides is 1. The molecular formula is C12H17N5O. The summed E-state index contributed by atoms with van der Waals surface area (Å²) in [6, 6.07) is 3.70. The van der Waals surface area contributed by atoms with E-state index in [0.717, 1.165) is 16.6 Å². The molecule has 1 amide bonds. The molecule has 0 aliphatic carbocycles. The maximum absolute atomic E-state index is 11.2. The lowest BCUT2D eigenvalue weighted by atomic mass is 9.92. The van der Waals surface area contributed by atoms with Gasteiger partial charge in [0.25, 0.3) is 0 Å². The summed E-state index contributed by atoms with van der Waals surface area (Å²) in [6.07, 6.45) is 1.71. The zero-order valence-electron chi connectivity index (χ0n) is 10.4. The van der Waals surface area contributed by atoms with Gasteiger partial charge in [-0.3, -0.25) is 9.89 Å². The second kappa shape index (κ2) is 4.21. The Morgan fingerprint density at radius 2 is 2.22 bits per heavy atom. The van der Waals surface area contributed by atoms with Gasteiger partial charge in [0.15, 0.2) is 0 Å². The van der Waals surface area contributed by atoms with Crippen LogP contribution in [-0.4, -0.2) is 22.6 Å². The molecule has 96 valence electrons. The number of anilines is 2. The number of aromatic amines is 1. The maximum atomic E-state index is 11.2. The molecule has 0 saturated heterocycles. The van der Waals surface area contributed by atoms with E-state index in [4.69, 9.17) is 11.5 Å². The van der Waals surface area contributed by atoms with Gasteiger partial charge in [-0.15, -0.1) is 0 Å². The van der Waals surface area contributed by atoms with Crippen LogP contribution in [0.15, 0.2) is 18.3 Å². The van der Waals surface area contributed by atoms with E-state index in [1.807, 2.05) is 12.1 Å². The van der Waals surface area contributed by atoms with Crippen molar-refractivity contribution in [2.24, 2.45) is 11.1 Å². The van der Waals surface area contributed by atoms with Gasteiger partial charge in [0.1, 0.15) is 0 Å². The molecule has 18 heavy (non-hydrogen) atoms. The lowest BCUT2D eigenvalue weighted by Gasteiger charge is -2.22. The maximum Gasteiger partial charge on any atom is 0.224 e. The zero-order valence-corrected chi connectivity index (χ0v) is 10.4. The van der Waals surface area contributed by atoms with Crippen molar-refractivity contribution in [3.63, 3.8) is 0 Å². The molecule has 6 nitrogen and oxygen atoms in total.